The van der Waals surface area contributed by atoms with E-state index in [9.17, 15) is 13.2 Å². The van der Waals surface area contributed by atoms with Gasteiger partial charge < -0.3 is 0 Å². The molecule has 0 aliphatic carbocycles. The van der Waals surface area contributed by atoms with Gasteiger partial charge in [-0.3, -0.25) is 0 Å². The summed E-state index contributed by atoms with van der Waals surface area (Å²) >= 11 is 0. The zero-order chi connectivity index (χ0) is 13.7. The van der Waals surface area contributed by atoms with Gasteiger partial charge in [-0.25, -0.2) is 13.2 Å². The third-order valence-corrected chi connectivity index (χ3v) is 2.38. The third kappa shape index (κ3) is 2.92. The van der Waals surface area contributed by atoms with Crippen LogP contribution in [-0.2, 0) is 0 Å². The summed E-state index contributed by atoms with van der Waals surface area (Å²) < 4.78 is 39.8. The summed E-state index contributed by atoms with van der Waals surface area (Å²) in [5, 5.41) is 0. The van der Waals surface area contributed by atoms with Crippen LogP contribution in [0.1, 0.15) is 19.4 Å². The highest BCUT2D eigenvalue weighted by atomic mass is 19.2. The van der Waals surface area contributed by atoms with Gasteiger partial charge in [0.2, 0.25) is 0 Å². The number of aryl methyl sites for hydroxylation is 1. The number of benzene rings is 2. The number of hydrogen-bond donors (Lipinski definition) is 0. The Hall–Kier alpha value is -1.77. The molecule has 0 unspecified atom stereocenters. The van der Waals surface area contributed by atoms with Crippen LogP contribution in [0.4, 0.5) is 13.2 Å². The lowest BCUT2D eigenvalue weighted by molar-refractivity contribution is 0.499. The molecule has 3 heteroatoms. The van der Waals surface area contributed by atoms with Crippen molar-refractivity contribution in [3.8, 4) is 11.1 Å². The Balaban J connectivity index is 0.000000771. The van der Waals surface area contributed by atoms with E-state index in [1.165, 1.54) is 0 Å². The first-order chi connectivity index (χ1) is 8.59. The van der Waals surface area contributed by atoms with Crippen molar-refractivity contribution in [1.82, 2.24) is 0 Å². The molecular weight excluding hydrogens is 237 g/mol. The third-order valence-electron chi connectivity index (χ3n) is 2.38. The minimum absolute atomic E-state index is 0.319. The lowest BCUT2D eigenvalue weighted by atomic mass is 10.0. The van der Waals surface area contributed by atoms with Crippen molar-refractivity contribution < 1.29 is 13.2 Å². The van der Waals surface area contributed by atoms with Crippen LogP contribution >= 0.6 is 0 Å². The molecule has 0 nitrogen and oxygen atoms in total. The van der Waals surface area contributed by atoms with Gasteiger partial charge in [-0.1, -0.05) is 43.7 Å². The molecule has 18 heavy (non-hydrogen) atoms. The molecular formula is C15H15F3. The first kappa shape index (κ1) is 14.3. The highest BCUT2D eigenvalue weighted by Crippen LogP contribution is 2.27. The number of rotatable bonds is 1. The van der Waals surface area contributed by atoms with E-state index in [0.717, 1.165) is 17.7 Å². The first-order valence-electron chi connectivity index (χ1n) is 5.80. The Morgan fingerprint density at radius 2 is 1.22 bits per heavy atom. The van der Waals surface area contributed by atoms with Crippen LogP contribution in [0, 0.1) is 24.4 Å². The molecule has 96 valence electrons. The summed E-state index contributed by atoms with van der Waals surface area (Å²) in [4.78, 5) is 0. The van der Waals surface area contributed by atoms with Crippen molar-refractivity contribution in [1.29, 1.82) is 0 Å². The predicted octanol–water partition coefficient (Wildman–Crippen LogP) is 5.11. The van der Waals surface area contributed by atoms with Gasteiger partial charge in [0.25, 0.3) is 0 Å². The second-order valence-electron chi connectivity index (χ2n) is 3.58. The Kier molecular flexibility index (Phi) is 4.95. The van der Waals surface area contributed by atoms with E-state index in [1.807, 2.05) is 20.8 Å². The van der Waals surface area contributed by atoms with Crippen molar-refractivity contribution in [3.63, 3.8) is 0 Å². The minimum atomic E-state index is -1.15. The Labute approximate surface area is 105 Å². The van der Waals surface area contributed by atoms with E-state index in [2.05, 4.69) is 0 Å². The zero-order valence-corrected chi connectivity index (χ0v) is 10.6. The molecule has 2 rings (SSSR count). The maximum atomic E-state index is 13.4. The molecule has 0 bridgehead atoms. The summed E-state index contributed by atoms with van der Waals surface area (Å²) in [5.41, 5.74) is 0.987. The van der Waals surface area contributed by atoms with Crippen LogP contribution in [0.5, 0.6) is 0 Å². The van der Waals surface area contributed by atoms with E-state index in [1.54, 1.807) is 24.3 Å². The zero-order valence-electron chi connectivity index (χ0n) is 10.6. The van der Waals surface area contributed by atoms with Crippen molar-refractivity contribution in [3.05, 3.63) is 59.4 Å². The van der Waals surface area contributed by atoms with Crippen LogP contribution in [-0.4, -0.2) is 0 Å². The van der Waals surface area contributed by atoms with Crippen molar-refractivity contribution in [2.24, 2.45) is 0 Å². The second-order valence-corrected chi connectivity index (χ2v) is 3.58. The first-order valence-corrected chi connectivity index (χ1v) is 5.80. The van der Waals surface area contributed by atoms with Crippen LogP contribution in [0.15, 0.2) is 36.4 Å². The quantitative estimate of drug-likeness (QED) is 0.619. The molecule has 0 amide bonds. The smallest absolute Gasteiger partial charge is 0.169 e. The molecule has 0 atom stereocenters. The molecule has 0 aliphatic rings. The SMILES string of the molecule is CC.Cc1ccc(-c2c(F)ccc(F)c2F)cc1. The van der Waals surface area contributed by atoms with Crippen LogP contribution < -0.4 is 0 Å². The average molecular weight is 252 g/mol. The van der Waals surface area contributed by atoms with Crippen LogP contribution in [0.25, 0.3) is 11.1 Å². The van der Waals surface area contributed by atoms with E-state index in [0.29, 0.717) is 5.56 Å². The van der Waals surface area contributed by atoms with Crippen LogP contribution in [0.2, 0.25) is 0 Å². The molecule has 0 saturated carbocycles. The minimum Gasteiger partial charge on any atom is -0.206 e. The fraction of sp³-hybridized carbons (Fsp3) is 0.200. The van der Waals surface area contributed by atoms with Crippen molar-refractivity contribution in [2.45, 2.75) is 20.8 Å². The molecule has 0 aliphatic heterocycles. The molecule has 2 aromatic rings. The molecule has 0 radical (unpaired) electrons. The maximum absolute atomic E-state index is 13.4. The highest BCUT2D eigenvalue weighted by molar-refractivity contribution is 5.65. The maximum Gasteiger partial charge on any atom is 0.169 e. The molecule has 0 saturated heterocycles. The van der Waals surface area contributed by atoms with Gasteiger partial charge in [-0.15, -0.1) is 0 Å². The van der Waals surface area contributed by atoms with Gasteiger partial charge in [0, 0.05) is 0 Å². The Bertz CT molecular complexity index is 516. The normalized spacial score (nSPS) is 9.67. The molecule has 0 fully saturated rings. The van der Waals surface area contributed by atoms with Gasteiger partial charge in [-0.2, -0.15) is 0 Å². The second kappa shape index (κ2) is 6.24. The van der Waals surface area contributed by atoms with Gasteiger partial charge >= 0.3 is 0 Å². The van der Waals surface area contributed by atoms with E-state index in [4.69, 9.17) is 0 Å². The van der Waals surface area contributed by atoms with Gasteiger partial charge in [0.05, 0.1) is 5.56 Å². The molecule has 0 spiro atoms. The summed E-state index contributed by atoms with van der Waals surface area (Å²) in [6.07, 6.45) is 0. The molecule has 0 heterocycles. The Morgan fingerprint density at radius 3 is 1.78 bits per heavy atom. The van der Waals surface area contributed by atoms with Crippen LogP contribution in [0.3, 0.4) is 0 Å². The summed E-state index contributed by atoms with van der Waals surface area (Å²) in [6.45, 7) is 5.86. The molecule has 2 aromatic carbocycles. The fourth-order valence-corrected chi connectivity index (χ4v) is 1.51. The van der Waals surface area contributed by atoms with E-state index < -0.39 is 17.5 Å². The highest BCUT2D eigenvalue weighted by Gasteiger charge is 2.15. The summed E-state index contributed by atoms with van der Waals surface area (Å²) in [6, 6.07) is 8.28. The number of halogens is 3. The Morgan fingerprint density at radius 1 is 0.722 bits per heavy atom. The fourth-order valence-electron chi connectivity index (χ4n) is 1.51. The van der Waals surface area contributed by atoms with E-state index >= 15 is 0 Å². The topological polar surface area (TPSA) is 0 Å². The largest absolute Gasteiger partial charge is 0.206 e. The van der Waals surface area contributed by atoms with Gasteiger partial charge in [0.15, 0.2) is 11.6 Å². The lowest BCUT2D eigenvalue weighted by Gasteiger charge is -2.06. The van der Waals surface area contributed by atoms with Gasteiger partial charge in [0.1, 0.15) is 5.82 Å². The van der Waals surface area contributed by atoms with Crippen molar-refractivity contribution >= 4 is 0 Å². The summed E-state index contributed by atoms with van der Waals surface area (Å²) in [5.74, 6) is -2.96. The lowest BCUT2D eigenvalue weighted by Crippen LogP contribution is -1.93. The molecule has 0 aromatic heterocycles. The summed E-state index contributed by atoms with van der Waals surface area (Å²) in [7, 11) is 0. The number of hydrogen-bond acceptors (Lipinski definition) is 0. The monoisotopic (exact) mass is 252 g/mol. The molecule has 0 N–H and O–H groups in total. The van der Waals surface area contributed by atoms with E-state index in [-0.39, 0.29) is 5.56 Å². The predicted molar refractivity (Wildman–Crippen MR) is 67.8 cm³/mol. The average Bonchev–Trinajstić information content (AvgIpc) is 2.39. The van der Waals surface area contributed by atoms with Gasteiger partial charge in [-0.05, 0) is 24.6 Å². The standard InChI is InChI=1S/C13H9F3.C2H6/c1-8-2-4-9(5-3-8)12-10(14)6-7-11(15)13(12)16;1-2/h2-7H,1H3;1-2H3. The van der Waals surface area contributed by atoms with Crippen molar-refractivity contribution in [2.75, 3.05) is 0 Å².